The summed E-state index contributed by atoms with van der Waals surface area (Å²) in [6.07, 6.45) is 5.41. The summed E-state index contributed by atoms with van der Waals surface area (Å²) in [6, 6.07) is 0. The molecule has 0 aromatic carbocycles. The van der Waals surface area contributed by atoms with Crippen LogP contribution in [-0.4, -0.2) is 29.4 Å². The van der Waals surface area contributed by atoms with Gasteiger partial charge in [0.05, 0.1) is 0 Å². The second-order valence-corrected chi connectivity index (χ2v) is 4.67. The van der Waals surface area contributed by atoms with Crippen molar-refractivity contribution in [2.45, 2.75) is 24.0 Å². The van der Waals surface area contributed by atoms with Crippen LogP contribution >= 0.6 is 11.8 Å². The molecule has 1 saturated carbocycles. The van der Waals surface area contributed by atoms with E-state index in [2.05, 4.69) is 5.32 Å². The zero-order valence-electron chi connectivity index (χ0n) is 8.13. The van der Waals surface area contributed by atoms with Crippen molar-refractivity contribution in [3.63, 3.8) is 0 Å². The van der Waals surface area contributed by atoms with E-state index < -0.39 is 11.8 Å². The first kappa shape index (κ1) is 11.3. The van der Waals surface area contributed by atoms with E-state index in [1.807, 2.05) is 6.26 Å². The second kappa shape index (κ2) is 4.65. The molecule has 80 valence electrons. The normalized spacial score (nSPS) is 18.1. The second-order valence-electron chi connectivity index (χ2n) is 3.40. The van der Waals surface area contributed by atoms with Crippen LogP contribution < -0.4 is 16.6 Å². The first-order chi connectivity index (χ1) is 6.63. The maximum Gasteiger partial charge on any atom is 0.323 e. The van der Waals surface area contributed by atoms with Gasteiger partial charge in [0.25, 0.3) is 0 Å². The average Bonchev–Trinajstić information content (AvgIpc) is 2.15. The van der Waals surface area contributed by atoms with Crippen LogP contribution in [0.1, 0.15) is 19.3 Å². The molecule has 2 amide bonds. The number of hydrogen-bond donors (Lipinski definition) is 3. The Bertz CT molecular complexity index is 235. The average molecular weight is 217 g/mol. The summed E-state index contributed by atoms with van der Waals surface area (Å²) in [4.78, 5) is 21.8. The van der Waals surface area contributed by atoms with Crippen LogP contribution in [0.4, 0.5) is 0 Å². The van der Waals surface area contributed by atoms with Gasteiger partial charge >= 0.3 is 11.8 Å². The highest BCUT2D eigenvalue weighted by atomic mass is 32.2. The van der Waals surface area contributed by atoms with Gasteiger partial charge < -0.3 is 5.32 Å². The third-order valence-corrected chi connectivity index (χ3v) is 4.02. The zero-order valence-corrected chi connectivity index (χ0v) is 8.95. The maximum absolute atomic E-state index is 11.1. The van der Waals surface area contributed by atoms with Crippen molar-refractivity contribution >= 4 is 23.6 Å². The first-order valence-corrected chi connectivity index (χ1v) is 5.70. The molecule has 0 unspecified atom stereocenters. The summed E-state index contributed by atoms with van der Waals surface area (Å²) in [7, 11) is 0. The van der Waals surface area contributed by atoms with Crippen molar-refractivity contribution in [2.24, 2.45) is 5.84 Å². The van der Waals surface area contributed by atoms with Gasteiger partial charge in [-0.2, -0.15) is 11.8 Å². The Morgan fingerprint density at radius 3 is 2.43 bits per heavy atom. The molecular formula is C8H15N3O2S. The van der Waals surface area contributed by atoms with Gasteiger partial charge in [-0.05, 0) is 19.1 Å². The van der Waals surface area contributed by atoms with E-state index in [9.17, 15) is 9.59 Å². The van der Waals surface area contributed by atoms with Crippen LogP contribution in [0.15, 0.2) is 0 Å². The molecule has 0 atom stereocenters. The molecule has 5 nitrogen and oxygen atoms in total. The van der Waals surface area contributed by atoms with Gasteiger partial charge in [-0.3, -0.25) is 15.0 Å². The molecule has 0 heterocycles. The van der Waals surface area contributed by atoms with Gasteiger partial charge in [-0.15, -0.1) is 0 Å². The number of rotatable bonds is 3. The Hall–Kier alpha value is -0.750. The number of hydrogen-bond acceptors (Lipinski definition) is 4. The molecule has 0 aromatic heterocycles. The van der Waals surface area contributed by atoms with Gasteiger partial charge in [-0.1, -0.05) is 6.42 Å². The molecule has 0 aliphatic heterocycles. The fraction of sp³-hybridized carbons (Fsp3) is 0.750. The van der Waals surface area contributed by atoms with Crippen LogP contribution in [0.5, 0.6) is 0 Å². The molecule has 1 rings (SSSR count). The number of carbonyl (C=O) groups excluding carboxylic acids is 2. The van der Waals surface area contributed by atoms with Gasteiger partial charge in [0.15, 0.2) is 0 Å². The molecular weight excluding hydrogens is 202 g/mol. The highest BCUT2D eigenvalue weighted by molar-refractivity contribution is 8.00. The van der Waals surface area contributed by atoms with E-state index >= 15 is 0 Å². The number of amides is 2. The summed E-state index contributed by atoms with van der Waals surface area (Å²) in [5, 5.41) is 2.58. The van der Waals surface area contributed by atoms with Gasteiger partial charge in [0.2, 0.25) is 0 Å². The topological polar surface area (TPSA) is 84.2 Å². The highest BCUT2D eigenvalue weighted by Gasteiger charge is 2.36. The summed E-state index contributed by atoms with van der Waals surface area (Å²) in [5.74, 6) is 3.38. The highest BCUT2D eigenvalue weighted by Crippen LogP contribution is 2.42. The Balaban J connectivity index is 2.32. The van der Waals surface area contributed by atoms with Crippen LogP contribution in [0, 0.1) is 0 Å². The summed E-state index contributed by atoms with van der Waals surface area (Å²) >= 11 is 1.74. The lowest BCUT2D eigenvalue weighted by Gasteiger charge is -2.40. The Morgan fingerprint density at radius 1 is 1.43 bits per heavy atom. The predicted octanol–water partition coefficient (Wildman–Crippen LogP) is -0.622. The fourth-order valence-electron chi connectivity index (χ4n) is 1.41. The van der Waals surface area contributed by atoms with Crippen molar-refractivity contribution in [3.05, 3.63) is 0 Å². The molecule has 0 aromatic rings. The molecule has 0 radical (unpaired) electrons. The van der Waals surface area contributed by atoms with Gasteiger partial charge in [-0.25, -0.2) is 5.84 Å². The standard InChI is InChI=1S/C8H15N3O2S/c1-14-8(3-2-4-8)5-10-6(12)7(13)11-9/h2-5,9H2,1H3,(H,10,12)(H,11,13). The largest absolute Gasteiger partial charge is 0.346 e. The molecule has 6 heteroatoms. The Morgan fingerprint density at radius 2 is 2.07 bits per heavy atom. The lowest BCUT2D eigenvalue weighted by atomic mass is 9.84. The maximum atomic E-state index is 11.1. The zero-order chi connectivity index (χ0) is 10.6. The van der Waals surface area contributed by atoms with Crippen LogP contribution in [0.2, 0.25) is 0 Å². The molecule has 4 N–H and O–H groups in total. The molecule has 0 spiro atoms. The van der Waals surface area contributed by atoms with E-state index in [-0.39, 0.29) is 4.75 Å². The minimum Gasteiger partial charge on any atom is -0.346 e. The fourth-order valence-corrected chi connectivity index (χ4v) is 2.32. The quantitative estimate of drug-likeness (QED) is 0.254. The summed E-state index contributed by atoms with van der Waals surface area (Å²) in [5.41, 5.74) is 1.80. The number of hydrazine groups is 1. The lowest BCUT2D eigenvalue weighted by molar-refractivity contribution is -0.139. The Labute approximate surface area is 87.1 Å². The monoisotopic (exact) mass is 217 g/mol. The van der Waals surface area contributed by atoms with Crippen molar-refractivity contribution in [1.29, 1.82) is 0 Å². The van der Waals surface area contributed by atoms with E-state index in [0.29, 0.717) is 6.54 Å². The van der Waals surface area contributed by atoms with Gasteiger partial charge in [0.1, 0.15) is 0 Å². The van der Waals surface area contributed by atoms with E-state index in [0.717, 1.165) is 12.8 Å². The minimum atomic E-state index is -0.791. The third kappa shape index (κ3) is 2.39. The third-order valence-electron chi connectivity index (χ3n) is 2.61. The smallest absolute Gasteiger partial charge is 0.323 e. The molecule has 1 aliphatic rings. The summed E-state index contributed by atoms with van der Waals surface area (Å²) < 4.78 is 0.143. The molecule has 1 fully saturated rings. The number of nitrogens with two attached hydrogens (primary N) is 1. The van der Waals surface area contributed by atoms with Crippen LogP contribution in [0.25, 0.3) is 0 Å². The molecule has 1 aliphatic carbocycles. The number of carbonyl (C=O) groups is 2. The minimum absolute atomic E-state index is 0.143. The predicted molar refractivity (Wildman–Crippen MR) is 55.4 cm³/mol. The van der Waals surface area contributed by atoms with Crippen molar-refractivity contribution in [3.8, 4) is 0 Å². The number of nitrogens with one attached hydrogen (secondary N) is 2. The van der Waals surface area contributed by atoms with Crippen molar-refractivity contribution < 1.29 is 9.59 Å². The Kier molecular flexibility index (Phi) is 3.77. The van der Waals surface area contributed by atoms with Crippen LogP contribution in [0.3, 0.4) is 0 Å². The van der Waals surface area contributed by atoms with E-state index in [1.54, 1.807) is 17.2 Å². The lowest BCUT2D eigenvalue weighted by Crippen LogP contribution is -2.50. The van der Waals surface area contributed by atoms with E-state index in [4.69, 9.17) is 5.84 Å². The van der Waals surface area contributed by atoms with Crippen LogP contribution in [-0.2, 0) is 9.59 Å². The SMILES string of the molecule is CSC1(CNC(=O)C(=O)NN)CCC1. The molecule has 0 bridgehead atoms. The van der Waals surface area contributed by atoms with Crippen molar-refractivity contribution in [2.75, 3.05) is 12.8 Å². The van der Waals surface area contributed by atoms with Gasteiger partial charge in [0, 0.05) is 11.3 Å². The van der Waals surface area contributed by atoms with E-state index in [1.165, 1.54) is 6.42 Å². The summed E-state index contributed by atoms with van der Waals surface area (Å²) in [6.45, 7) is 0.542. The molecule has 0 saturated heterocycles. The number of thioether (sulfide) groups is 1. The van der Waals surface area contributed by atoms with Crippen molar-refractivity contribution in [1.82, 2.24) is 10.7 Å². The first-order valence-electron chi connectivity index (χ1n) is 4.47. The molecule has 14 heavy (non-hydrogen) atoms.